The molecule has 0 N–H and O–H groups in total. The van der Waals surface area contributed by atoms with Crippen LogP contribution in [0.2, 0.25) is 0 Å². The molecule has 2 fully saturated rings. The van der Waals surface area contributed by atoms with Crippen LogP contribution in [-0.4, -0.2) is 17.0 Å². The Balaban J connectivity index is 1.74. The Bertz CT molecular complexity index is 416. The van der Waals surface area contributed by atoms with E-state index in [0.717, 1.165) is 18.7 Å². The monoisotopic (exact) mass is 244 g/mol. The number of nitriles is 1. The third kappa shape index (κ3) is 2.44. The maximum absolute atomic E-state index is 9.34. The maximum atomic E-state index is 9.34. The normalized spacial score (nSPS) is 28.2. The summed E-state index contributed by atoms with van der Waals surface area (Å²) in [6.45, 7) is 0.876. The van der Waals surface area contributed by atoms with E-state index in [2.05, 4.69) is 11.0 Å². The van der Waals surface area contributed by atoms with Crippen molar-refractivity contribution in [2.24, 2.45) is 5.92 Å². The molecule has 3 rings (SSSR count). The van der Waals surface area contributed by atoms with Crippen molar-refractivity contribution >= 4 is 0 Å². The Morgan fingerprint density at radius 1 is 1.28 bits per heavy atom. The van der Waals surface area contributed by atoms with Crippen LogP contribution < -0.4 is 0 Å². The zero-order valence-electron chi connectivity index (χ0n) is 10.7. The molecule has 0 spiro atoms. The van der Waals surface area contributed by atoms with E-state index >= 15 is 0 Å². The maximum Gasteiger partial charge on any atom is 0.117 e. The lowest BCUT2D eigenvalue weighted by atomic mass is 9.84. The van der Waals surface area contributed by atoms with Crippen LogP contribution in [0.1, 0.15) is 44.3 Å². The molecule has 2 aliphatic rings. The molecular weight excluding hydrogens is 224 g/mol. The van der Waals surface area contributed by atoms with E-state index in [1.807, 2.05) is 12.1 Å². The molecule has 1 heterocycles. The van der Waals surface area contributed by atoms with Crippen molar-refractivity contribution in [1.29, 1.82) is 5.26 Å². The second-order valence-electron chi connectivity index (χ2n) is 5.57. The molecule has 0 aromatic carbocycles. The summed E-state index contributed by atoms with van der Waals surface area (Å²) in [5.74, 6) is 1.25. The largest absolute Gasteiger partial charge is 0.468 e. The quantitative estimate of drug-likeness (QED) is 0.815. The molecule has 3 nitrogen and oxygen atoms in total. The number of hydrogen-bond donors (Lipinski definition) is 0. The fourth-order valence-corrected chi connectivity index (χ4v) is 3.16. The van der Waals surface area contributed by atoms with Gasteiger partial charge in [-0.1, -0.05) is 12.8 Å². The topological polar surface area (TPSA) is 40.2 Å². The van der Waals surface area contributed by atoms with Crippen LogP contribution in [-0.2, 0) is 6.54 Å². The molecule has 0 aliphatic heterocycles. The number of hydrogen-bond acceptors (Lipinski definition) is 3. The van der Waals surface area contributed by atoms with E-state index in [-0.39, 0.29) is 5.92 Å². The van der Waals surface area contributed by atoms with Crippen molar-refractivity contribution in [3.8, 4) is 6.07 Å². The van der Waals surface area contributed by atoms with Gasteiger partial charge in [0.25, 0.3) is 0 Å². The summed E-state index contributed by atoms with van der Waals surface area (Å²) in [7, 11) is 0. The summed E-state index contributed by atoms with van der Waals surface area (Å²) in [5.41, 5.74) is 0. The minimum atomic E-state index is 0.217. The number of rotatable bonds is 4. The highest BCUT2D eigenvalue weighted by atomic mass is 16.3. The molecule has 2 saturated carbocycles. The first-order chi connectivity index (χ1) is 8.88. The predicted octanol–water partition coefficient (Wildman–Crippen LogP) is 3.33. The van der Waals surface area contributed by atoms with Gasteiger partial charge < -0.3 is 4.42 Å². The average Bonchev–Trinajstić information content (AvgIpc) is 3.13. The lowest BCUT2D eigenvalue weighted by molar-refractivity contribution is 0.103. The lowest BCUT2D eigenvalue weighted by Gasteiger charge is -2.37. The van der Waals surface area contributed by atoms with Crippen LogP contribution in [0.25, 0.3) is 0 Å². The molecule has 96 valence electrons. The van der Waals surface area contributed by atoms with E-state index < -0.39 is 0 Å². The Kier molecular flexibility index (Phi) is 3.38. The SMILES string of the molecule is N#CC1CCCCC1N(Cc1ccco1)C1CC1. The third-order valence-corrected chi connectivity index (χ3v) is 4.26. The highest BCUT2D eigenvalue weighted by Crippen LogP contribution is 2.37. The van der Waals surface area contributed by atoms with Gasteiger partial charge in [-0.3, -0.25) is 4.90 Å². The molecule has 0 radical (unpaired) electrons. The predicted molar refractivity (Wildman–Crippen MR) is 68.6 cm³/mol. The van der Waals surface area contributed by atoms with Gasteiger partial charge in [-0.25, -0.2) is 0 Å². The van der Waals surface area contributed by atoms with E-state index in [1.54, 1.807) is 6.26 Å². The van der Waals surface area contributed by atoms with Gasteiger partial charge in [0.05, 0.1) is 24.8 Å². The van der Waals surface area contributed by atoms with Crippen molar-refractivity contribution in [1.82, 2.24) is 4.90 Å². The molecule has 0 saturated heterocycles. The van der Waals surface area contributed by atoms with Gasteiger partial charge in [-0.15, -0.1) is 0 Å². The van der Waals surface area contributed by atoms with Crippen molar-refractivity contribution in [3.05, 3.63) is 24.2 Å². The van der Waals surface area contributed by atoms with Gasteiger partial charge in [-0.05, 0) is 37.8 Å². The Morgan fingerprint density at radius 2 is 2.11 bits per heavy atom. The van der Waals surface area contributed by atoms with Crippen LogP contribution >= 0.6 is 0 Å². The molecule has 3 heteroatoms. The van der Waals surface area contributed by atoms with Gasteiger partial charge >= 0.3 is 0 Å². The fourth-order valence-electron chi connectivity index (χ4n) is 3.16. The summed E-state index contributed by atoms with van der Waals surface area (Å²) in [6, 6.07) is 7.65. The zero-order valence-corrected chi connectivity index (χ0v) is 10.7. The first kappa shape index (κ1) is 11.8. The van der Waals surface area contributed by atoms with Crippen LogP contribution in [0.3, 0.4) is 0 Å². The first-order valence-corrected chi connectivity index (χ1v) is 7.06. The molecular formula is C15H20N2O. The Hall–Kier alpha value is -1.27. The summed E-state index contributed by atoms with van der Waals surface area (Å²) < 4.78 is 5.48. The van der Waals surface area contributed by atoms with Crippen molar-refractivity contribution in [2.45, 2.75) is 57.2 Å². The zero-order chi connectivity index (χ0) is 12.4. The smallest absolute Gasteiger partial charge is 0.117 e. The van der Waals surface area contributed by atoms with Crippen LogP contribution in [0.4, 0.5) is 0 Å². The Morgan fingerprint density at radius 3 is 2.78 bits per heavy atom. The second kappa shape index (κ2) is 5.16. The number of nitrogens with zero attached hydrogens (tertiary/aromatic N) is 2. The summed E-state index contributed by atoms with van der Waals surface area (Å²) in [6.07, 6.45) is 9.05. The standard InChI is InChI=1S/C15H20N2O/c16-10-12-4-1-2-6-15(12)17(13-7-8-13)11-14-5-3-9-18-14/h3,5,9,12-13,15H,1-2,4,6-8,11H2. The fraction of sp³-hybridized carbons (Fsp3) is 0.667. The Labute approximate surface area is 108 Å². The summed E-state index contributed by atoms with van der Waals surface area (Å²) >= 11 is 0. The van der Waals surface area contributed by atoms with Gasteiger partial charge in [0.15, 0.2) is 0 Å². The molecule has 1 aromatic heterocycles. The van der Waals surface area contributed by atoms with E-state index in [9.17, 15) is 5.26 Å². The van der Waals surface area contributed by atoms with E-state index in [1.165, 1.54) is 32.1 Å². The van der Waals surface area contributed by atoms with Crippen LogP contribution in [0, 0.1) is 17.2 Å². The van der Waals surface area contributed by atoms with Gasteiger partial charge in [-0.2, -0.15) is 5.26 Å². The molecule has 0 bridgehead atoms. The second-order valence-corrected chi connectivity index (χ2v) is 5.57. The molecule has 2 unspecified atom stereocenters. The third-order valence-electron chi connectivity index (χ3n) is 4.26. The lowest BCUT2D eigenvalue weighted by Crippen LogP contribution is -2.42. The summed E-state index contributed by atoms with van der Waals surface area (Å²) in [5, 5.41) is 9.34. The number of furan rings is 1. The van der Waals surface area contributed by atoms with Gasteiger partial charge in [0, 0.05) is 12.1 Å². The summed E-state index contributed by atoms with van der Waals surface area (Å²) in [4.78, 5) is 2.53. The van der Waals surface area contributed by atoms with E-state index in [4.69, 9.17) is 4.42 Å². The molecule has 2 aliphatic carbocycles. The van der Waals surface area contributed by atoms with Crippen molar-refractivity contribution in [3.63, 3.8) is 0 Å². The van der Waals surface area contributed by atoms with Crippen LogP contribution in [0.15, 0.2) is 22.8 Å². The molecule has 18 heavy (non-hydrogen) atoms. The molecule has 1 aromatic rings. The van der Waals surface area contributed by atoms with Crippen LogP contribution in [0.5, 0.6) is 0 Å². The minimum absolute atomic E-state index is 0.217. The van der Waals surface area contributed by atoms with E-state index in [0.29, 0.717) is 12.1 Å². The van der Waals surface area contributed by atoms with Gasteiger partial charge in [0.1, 0.15) is 5.76 Å². The van der Waals surface area contributed by atoms with Crippen molar-refractivity contribution in [2.75, 3.05) is 0 Å². The molecule has 2 atom stereocenters. The first-order valence-electron chi connectivity index (χ1n) is 7.06. The highest BCUT2D eigenvalue weighted by molar-refractivity contribution is 5.04. The van der Waals surface area contributed by atoms with Crippen molar-refractivity contribution < 1.29 is 4.42 Å². The average molecular weight is 244 g/mol. The highest BCUT2D eigenvalue weighted by Gasteiger charge is 2.38. The minimum Gasteiger partial charge on any atom is -0.468 e. The van der Waals surface area contributed by atoms with Gasteiger partial charge in [0.2, 0.25) is 0 Å². The molecule has 0 amide bonds.